The molecule has 1 heterocycles. The van der Waals surface area contributed by atoms with E-state index in [1.54, 1.807) is 11.3 Å². The predicted molar refractivity (Wildman–Crippen MR) is 135 cm³/mol. The van der Waals surface area contributed by atoms with Gasteiger partial charge in [0.1, 0.15) is 0 Å². The van der Waals surface area contributed by atoms with Gasteiger partial charge in [-0.25, -0.2) is 4.98 Å². The number of aromatic nitrogens is 1. The molecule has 3 rings (SSSR count). The first-order chi connectivity index (χ1) is 14.8. The third-order valence-electron chi connectivity index (χ3n) is 5.65. The highest BCUT2D eigenvalue weighted by Crippen LogP contribution is 2.38. The highest BCUT2D eigenvalue weighted by Gasteiger charge is 2.51. The van der Waals surface area contributed by atoms with Gasteiger partial charge in [-0.05, 0) is 47.3 Å². The molecule has 31 heavy (non-hydrogen) atoms. The van der Waals surface area contributed by atoms with E-state index in [-0.39, 0.29) is 17.7 Å². The van der Waals surface area contributed by atoms with E-state index in [2.05, 4.69) is 105 Å². The Morgan fingerprint density at radius 3 is 2.03 bits per heavy atom. The zero-order valence-corrected chi connectivity index (χ0v) is 20.9. The fourth-order valence-electron chi connectivity index (χ4n) is 4.17. The van der Waals surface area contributed by atoms with E-state index in [1.807, 2.05) is 6.92 Å². The largest absolute Gasteiger partial charge is 0.401 e. The number of nitrogens with zero attached hydrogens (tertiary/aromatic N) is 1. The summed E-state index contributed by atoms with van der Waals surface area (Å²) in [5.41, 5.74) is 2.04. The lowest BCUT2D eigenvalue weighted by molar-refractivity contribution is 0.171. The number of rotatable bonds is 8. The van der Waals surface area contributed by atoms with Crippen molar-refractivity contribution in [2.75, 3.05) is 6.61 Å². The number of benzene rings is 2. The number of aryl methyl sites for hydroxylation is 1. The lowest BCUT2D eigenvalue weighted by atomic mass is 10.1. The Balaban J connectivity index is 2.15. The van der Waals surface area contributed by atoms with Crippen LogP contribution < -0.4 is 10.4 Å². The molecule has 3 nitrogen and oxygen atoms in total. The second-order valence-electron chi connectivity index (χ2n) is 8.96. The van der Waals surface area contributed by atoms with Crippen molar-refractivity contribution in [2.24, 2.45) is 0 Å². The van der Waals surface area contributed by atoms with Gasteiger partial charge in [0.05, 0.1) is 16.8 Å². The monoisotopic (exact) mass is 451 g/mol. The molecular weight excluding hydrogens is 418 g/mol. The molecule has 0 aliphatic carbocycles. The highest BCUT2D eigenvalue weighted by molar-refractivity contribution is 7.09. The van der Waals surface area contributed by atoms with E-state index in [0.29, 0.717) is 6.42 Å². The van der Waals surface area contributed by atoms with Crippen molar-refractivity contribution < 1.29 is 9.53 Å². The quantitative estimate of drug-likeness (QED) is 0.480. The van der Waals surface area contributed by atoms with Crippen molar-refractivity contribution in [1.82, 2.24) is 4.98 Å². The van der Waals surface area contributed by atoms with Crippen molar-refractivity contribution in [3.05, 3.63) is 82.3 Å². The van der Waals surface area contributed by atoms with Crippen LogP contribution in [0.3, 0.4) is 0 Å². The van der Waals surface area contributed by atoms with E-state index in [4.69, 9.17) is 4.43 Å². The molecule has 0 saturated carbocycles. The molecule has 0 radical (unpaired) electrons. The first-order valence-corrected chi connectivity index (χ1v) is 13.6. The van der Waals surface area contributed by atoms with Crippen LogP contribution in [-0.4, -0.2) is 31.1 Å². The fraction of sp³-hybridized carbons (Fsp3) is 0.346. The zero-order valence-electron chi connectivity index (χ0n) is 19.1. The minimum Gasteiger partial charge on any atom is -0.401 e. The van der Waals surface area contributed by atoms with Crippen molar-refractivity contribution >= 4 is 36.1 Å². The Labute approximate surface area is 191 Å². The van der Waals surface area contributed by atoms with Crippen LogP contribution in [0.15, 0.2) is 71.6 Å². The average Bonchev–Trinajstić information content (AvgIpc) is 3.16. The van der Waals surface area contributed by atoms with Gasteiger partial charge < -0.3 is 9.53 Å². The first-order valence-electron chi connectivity index (χ1n) is 10.8. The molecule has 1 aromatic heterocycles. The molecule has 164 valence electrons. The Morgan fingerprint density at radius 1 is 1.06 bits per heavy atom. The van der Waals surface area contributed by atoms with Gasteiger partial charge in [-0.2, -0.15) is 0 Å². The maximum absolute atomic E-state index is 9.89. The number of hydrogen-bond acceptors (Lipinski definition) is 4. The topological polar surface area (TPSA) is 42.4 Å². The minimum absolute atomic E-state index is 0.0736. The van der Waals surface area contributed by atoms with Gasteiger partial charge in [-0.1, -0.05) is 81.4 Å². The summed E-state index contributed by atoms with van der Waals surface area (Å²) in [4.78, 5) is 4.59. The van der Waals surface area contributed by atoms with Gasteiger partial charge in [0.15, 0.2) is 0 Å². The molecule has 0 bridgehead atoms. The molecule has 0 amide bonds. The Bertz CT molecular complexity index is 954. The molecule has 2 aromatic carbocycles. The fourth-order valence-corrected chi connectivity index (χ4v) is 9.49. The third kappa shape index (κ3) is 5.24. The minimum atomic E-state index is -2.69. The summed E-state index contributed by atoms with van der Waals surface area (Å²) in [5.74, 6) is 0. The van der Waals surface area contributed by atoms with Gasteiger partial charge in [0.25, 0.3) is 8.32 Å². The lowest BCUT2D eigenvalue weighted by Gasteiger charge is -2.45. The van der Waals surface area contributed by atoms with Crippen LogP contribution in [-0.2, 0) is 4.43 Å². The maximum atomic E-state index is 9.89. The van der Waals surface area contributed by atoms with Crippen molar-refractivity contribution in [3.8, 4) is 0 Å². The Hall–Kier alpha value is -2.05. The molecule has 1 atom stereocenters. The molecule has 5 heteroatoms. The van der Waals surface area contributed by atoms with Gasteiger partial charge >= 0.3 is 0 Å². The van der Waals surface area contributed by atoms with E-state index >= 15 is 0 Å². The standard InChI is InChI=1S/C26H33NO2SSi/c1-20(18-22-19-30-21(2)27-22)25(16-17-28)29-31(26(3,4)5,23-12-8-6-9-13-23)24-14-10-7-11-15-24/h6-15,18-19,25,28H,16-17H2,1-5H3/b20-18+/t25-/m1/s1. The van der Waals surface area contributed by atoms with Gasteiger partial charge in [0.2, 0.25) is 0 Å². The van der Waals surface area contributed by atoms with Gasteiger partial charge in [-0.3, -0.25) is 0 Å². The zero-order chi connectivity index (χ0) is 22.5. The lowest BCUT2D eigenvalue weighted by Crippen LogP contribution is -2.67. The maximum Gasteiger partial charge on any atom is 0.261 e. The van der Waals surface area contributed by atoms with Crippen LogP contribution >= 0.6 is 11.3 Å². The predicted octanol–water partition coefficient (Wildman–Crippen LogP) is 5.18. The highest BCUT2D eigenvalue weighted by atomic mass is 32.1. The number of hydrogen-bond donors (Lipinski definition) is 1. The van der Waals surface area contributed by atoms with Crippen LogP contribution in [0.5, 0.6) is 0 Å². The molecular formula is C26H33NO2SSi. The molecule has 3 aromatic rings. The molecule has 0 fully saturated rings. The summed E-state index contributed by atoms with van der Waals surface area (Å²) in [6, 6.07) is 21.3. The van der Waals surface area contributed by atoms with Crippen LogP contribution in [0.1, 0.15) is 44.8 Å². The number of thiazole rings is 1. The summed E-state index contributed by atoms with van der Waals surface area (Å²) >= 11 is 1.65. The normalized spacial score (nSPS) is 13.9. The van der Waals surface area contributed by atoms with E-state index in [0.717, 1.165) is 16.3 Å². The summed E-state index contributed by atoms with van der Waals surface area (Å²) in [5, 5.41) is 15.4. The second-order valence-corrected chi connectivity index (χ2v) is 14.3. The molecule has 1 N–H and O–H groups in total. The number of aliphatic hydroxyl groups excluding tert-OH is 1. The summed E-state index contributed by atoms with van der Waals surface area (Å²) in [7, 11) is -2.69. The van der Waals surface area contributed by atoms with Crippen molar-refractivity contribution in [3.63, 3.8) is 0 Å². The van der Waals surface area contributed by atoms with Crippen molar-refractivity contribution in [1.29, 1.82) is 0 Å². The number of aliphatic hydroxyl groups is 1. The summed E-state index contributed by atoms with van der Waals surface area (Å²) in [6.45, 7) is 11.0. The first kappa shape index (κ1) is 23.6. The third-order valence-corrected chi connectivity index (χ3v) is 11.5. The van der Waals surface area contributed by atoms with E-state index in [9.17, 15) is 5.11 Å². The molecule has 0 spiro atoms. The molecule has 0 aliphatic heterocycles. The van der Waals surface area contributed by atoms with Crippen LogP contribution in [0.4, 0.5) is 0 Å². The molecule has 0 unspecified atom stereocenters. The Kier molecular flexibility index (Phi) is 7.65. The van der Waals surface area contributed by atoms with E-state index in [1.165, 1.54) is 10.4 Å². The van der Waals surface area contributed by atoms with Gasteiger partial charge in [0, 0.05) is 12.0 Å². The van der Waals surface area contributed by atoms with Crippen molar-refractivity contribution in [2.45, 2.75) is 52.2 Å². The summed E-state index contributed by atoms with van der Waals surface area (Å²) < 4.78 is 7.24. The second kappa shape index (κ2) is 10.0. The average molecular weight is 452 g/mol. The van der Waals surface area contributed by atoms with Gasteiger partial charge in [-0.15, -0.1) is 11.3 Å². The van der Waals surface area contributed by atoms with Crippen LogP contribution in [0.2, 0.25) is 5.04 Å². The van der Waals surface area contributed by atoms with Crippen LogP contribution in [0.25, 0.3) is 6.08 Å². The van der Waals surface area contributed by atoms with E-state index < -0.39 is 8.32 Å². The smallest absolute Gasteiger partial charge is 0.261 e. The van der Waals surface area contributed by atoms with Crippen LogP contribution in [0, 0.1) is 6.92 Å². The SMILES string of the molecule is C/C(=C\c1csc(C)n1)[C@@H](CCO)O[Si](c1ccccc1)(c1ccccc1)C(C)(C)C. The summed E-state index contributed by atoms with van der Waals surface area (Å²) in [6.07, 6.45) is 2.45. The molecule has 0 saturated heterocycles. The molecule has 0 aliphatic rings. The Morgan fingerprint density at radius 2 is 1.61 bits per heavy atom.